The van der Waals surface area contributed by atoms with E-state index in [1.54, 1.807) is 0 Å². The first-order valence-corrected chi connectivity index (χ1v) is 5.78. The van der Waals surface area contributed by atoms with Gasteiger partial charge in [0, 0.05) is 13.0 Å². The highest BCUT2D eigenvalue weighted by molar-refractivity contribution is 5.66. The van der Waals surface area contributed by atoms with Crippen LogP contribution in [0.4, 0.5) is 11.5 Å². The highest BCUT2D eigenvalue weighted by Crippen LogP contribution is 2.11. The third-order valence-electron chi connectivity index (χ3n) is 2.50. The van der Waals surface area contributed by atoms with Gasteiger partial charge < -0.3 is 16.2 Å². The van der Waals surface area contributed by atoms with Crippen molar-refractivity contribution in [2.24, 2.45) is 0 Å². The fraction of sp³-hybridized carbons (Fsp3) is 0.500. The van der Waals surface area contributed by atoms with Crippen molar-refractivity contribution < 1.29 is 9.90 Å². The molecule has 1 aromatic heterocycles. The lowest BCUT2D eigenvalue weighted by atomic mass is 10.2. The summed E-state index contributed by atoms with van der Waals surface area (Å²) in [6, 6.07) is 3.68. The molecule has 5 nitrogen and oxygen atoms in total. The molecule has 0 saturated carbocycles. The van der Waals surface area contributed by atoms with Gasteiger partial charge >= 0.3 is 5.97 Å². The van der Waals surface area contributed by atoms with E-state index in [2.05, 4.69) is 10.3 Å². The minimum Gasteiger partial charge on any atom is -0.481 e. The van der Waals surface area contributed by atoms with Crippen molar-refractivity contribution in [3.63, 3.8) is 0 Å². The number of nitrogen functional groups attached to an aromatic ring is 1. The average Bonchev–Trinajstić information content (AvgIpc) is 2.27. The predicted molar refractivity (Wildman–Crippen MR) is 68.0 cm³/mol. The molecular formula is C12H19N3O2. The number of aromatic nitrogens is 1. The normalized spacial score (nSPS) is 10.2. The first-order chi connectivity index (χ1) is 8.09. The summed E-state index contributed by atoms with van der Waals surface area (Å²) in [5, 5.41) is 11.7. The van der Waals surface area contributed by atoms with Crippen LogP contribution >= 0.6 is 0 Å². The number of carboxylic acids is 1. The molecule has 0 spiro atoms. The van der Waals surface area contributed by atoms with Crippen LogP contribution in [0.15, 0.2) is 12.1 Å². The van der Waals surface area contributed by atoms with Crippen LogP contribution in [0, 0.1) is 6.92 Å². The van der Waals surface area contributed by atoms with Crippen molar-refractivity contribution >= 4 is 17.5 Å². The van der Waals surface area contributed by atoms with Crippen LogP contribution in [0.1, 0.15) is 31.4 Å². The molecule has 1 heterocycles. The smallest absolute Gasteiger partial charge is 0.303 e. The van der Waals surface area contributed by atoms with Crippen molar-refractivity contribution in [3.8, 4) is 0 Å². The van der Waals surface area contributed by atoms with Gasteiger partial charge in [0.1, 0.15) is 5.82 Å². The molecular weight excluding hydrogens is 218 g/mol. The summed E-state index contributed by atoms with van der Waals surface area (Å²) in [6.45, 7) is 2.67. The molecule has 94 valence electrons. The third kappa shape index (κ3) is 5.19. The summed E-state index contributed by atoms with van der Waals surface area (Å²) in [4.78, 5) is 14.6. The number of pyridine rings is 1. The third-order valence-corrected chi connectivity index (χ3v) is 2.50. The summed E-state index contributed by atoms with van der Waals surface area (Å²) in [5.74, 6) is 0.0868. The van der Waals surface area contributed by atoms with E-state index >= 15 is 0 Å². The van der Waals surface area contributed by atoms with E-state index in [4.69, 9.17) is 10.8 Å². The molecule has 0 radical (unpaired) electrons. The van der Waals surface area contributed by atoms with Crippen LogP contribution in [-0.2, 0) is 4.79 Å². The highest BCUT2D eigenvalue weighted by atomic mass is 16.4. The Morgan fingerprint density at radius 1 is 1.41 bits per heavy atom. The Balaban J connectivity index is 2.18. The van der Waals surface area contributed by atoms with Gasteiger partial charge in [-0.2, -0.15) is 0 Å². The molecule has 1 rings (SSSR count). The van der Waals surface area contributed by atoms with Crippen molar-refractivity contribution in [2.75, 3.05) is 17.6 Å². The lowest BCUT2D eigenvalue weighted by Crippen LogP contribution is -2.05. The molecule has 0 amide bonds. The first kappa shape index (κ1) is 13.3. The van der Waals surface area contributed by atoms with Crippen LogP contribution in [-0.4, -0.2) is 22.6 Å². The zero-order valence-corrected chi connectivity index (χ0v) is 10.1. The van der Waals surface area contributed by atoms with Crippen molar-refractivity contribution in [2.45, 2.75) is 32.6 Å². The maximum Gasteiger partial charge on any atom is 0.303 e. The van der Waals surface area contributed by atoms with Gasteiger partial charge in [-0.15, -0.1) is 0 Å². The summed E-state index contributed by atoms with van der Waals surface area (Å²) in [7, 11) is 0. The van der Waals surface area contributed by atoms with Gasteiger partial charge in [0.2, 0.25) is 0 Å². The van der Waals surface area contributed by atoms with E-state index in [0.717, 1.165) is 37.3 Å². The number of hydrogen-bond acceptors (Lipinski definition) is 4. The number of unbranched alkanes of at least 4 members (excludes halogenated alkanes) is 2. The number of anilines is 2. The zero-order valence-electron chi connectivity index (χ0n) is 10.1. The molecule has 0 aliphatic heterocycles. The summed E-state index contributed by atoms with van der Waals surface area (Å²) < 4.78 is 0. The Labute approximate surface area is 101 Å². The van der Waals surface area contributed by atoms with E-state index in [0.29, 0.717) is 5.69 Å². The molecule has 0 atom stereocenters. The van der Waals surface area contributed by atoms with E-state index in [1.165, 1.54) is 0 Å². The predicted octanol–water partition coefficient (Wildman–Crippen LogP) is 2.03. The molecule has 0 saturated heterocycles. The van der Waals surface area contributed by atoms with Gasteiger partial charge in [-0.05, 0) is 31.9 Å². The molecule has 0 fully saturated rings. The fourth-order valence-corrected chi connectivity index (χ4v) is 1.46. The Morgan fingerprint density at radius 3 is 2.82 bits per heavy atom. The quantitative estimate of drug-likeness (QED) is 0.631. The van der Waals surface area contributed by atoms with Crippen LogP contribution < -0.4 is 11.1 Å². The van der Waals surface area contributed by atoms with Gasteiger partial charge in [0.05, 0.1) is 11.4 Å². The average molecular weight is 237 g/mol. The summed E-state index contributed by atoms with van der Waals surface area (Å²) >= 11 is 0. The number of hydrogen-bond donors (Lipinski definition) is 3. The minimum absolute atomic E-state index is 0.249. The Hall–Kier alpha value is -1.78. The summed E-state index contributed by atoms with van der Waals surface area (Å²) in [6.07, 6.45) is 2.83. The fourth-order valence-electron chi connectivity index (χ4n) is 1.46. The van der Waals surface area contributed by atoms with Crippen molar-refractivity contribution in [1.29, 1.82) is 0 Å². The lowest BCUT2D eigenvalue weighted by Gasteiger charge is -2.07. The van der Waals surface area contributed by atoms with Gasteiger partial charge in [0.25, 0.3) is 0 Å². The summed E-state index contributed by atoms with van der Waals surface area (Å²) in [5.41, 5.74) is 7.18. The minimum atomic E-state index is -0.728. The van der Waals surface area contributed by atoms with E-state index < -0.39 is 5.97 Å². The molecule has 0 aliphatic rings. The van der Waals surface area contributed by atoms with Crippen LogP contribution in [0.5, 0.6) is 0 Å². The largest absolute Gasteiger partial charge is 0.481 e. The highest BCUT2D eigenvalue weighted by Gasteiger charge is 1.99. The van der Waals surface area contributed by atoms with Crippen molar-refractivity contribution in [3.05, 3.63) is 17.8 Å². The Morgan fingerprint density at radius 2 is 2.18 bits per heavy atom. The van der Waals surface area contributed by atoms with Crippen LogP contribution in [0.2, 0.25) is 0 Å². The van der Waals surface area contributed by atoms with Gasteiger partial charge in [-0.3, -0.25) is 4.79 Å². The monoisotopic (exact) mass is 237 g/mol. The topological polar surface area (TPSA) is 88.2 Å². The maximum absolute atomic E-state index is 10.3. The molecule has 0 aromatic carbocycles. The number of nitrogens with two attached hydrogens (primary N) is 1. The second kappa shape index (κ2) is 6.73. The second-order valence-electron chi connectivity index (χ2n) is 4.00. The van der Waals surface area contributed by atoms with E-state index in [9.17, 15) is 4.79 Å². The van der Waals surface area contributed by atoms with Gasteiger partial charge in [-0.25, -0.2) is 4.98 Å². The van der Waals surface area contributed by atoms with Gasteiger partial charge in [-0.1, -0.05) is 6.42 Å². The molecule has 17 heavy (non-hydrogen) atoms. The number of nitrogens with one attached hydrogen (secondary N) is 1. The van der Waals surface area contributed by atoms with Crippen LogP contribution in [0.3, 0.4) is 0 Å². The van der Waals surface area contributed by atoms with Gasteiger partial charge in [0.15, 0.2) is 0 Å². The van der Waals surface area contributed by atoms with Crippen molar-refractivity contribution in [1.82, 2.24) is 4.98 Å². The molecule has 0 unspecified atom stereocenters. The SMILES string of the molecule is Cc1nc(NCCCCCC(=O)O)ccc1N. The first-order valence-electron chi connectivity index (χ1n) is 5.78. The maximum atomic E-state index is 10.3. The molecule has 5 heteroatoms. The number of carboxylic acid groups (broad SMARTS) is 1. The van der Waals surface area contributed by atoms with E-state index in [-0.39, 0.29) is 6.42 Å². The van der Waals surface area contributed by atoms with E-state index in [1.807, 2.05) is 19.1 Å². The number of nitrogens with zero attached hydrogens (tertiary/aromatic N) is 1. The lowest BCUT2D eigenvalue weighted by molar-refractivity contribution is -0.137. The number of aryl methyl sites for hydroxylation is 1. The number of aliphatic carboxylic acids is 1. The number of rotatable bonds is 7. The molecule has 4 N–H and O–H groups in total. The molecule has 1 aromatic rings. The standard InChI is InChI=1S/C12H19N3O2/c1-9-10(13)6-7-11(15-9)14-8-4-2-3-5-12(16)17/h6-7H,2-5,8,13H2,1H3,(H,14,15)(H,16,17). The Bertz CT molecular complexity index is 380. The molecule has 0 bridgehead atoms. The molecule has 0 aliphatic carbocycles. The Kier molecular flexibility index (Phi) is 5.26. The van der Waals surface area contributed by atoms with Crippen LogP contribution in [0.25, 0.3) is 0 Å². The number of carbonyl (C=O) groups is 1. The zero-order chi connectivity index (χ0) is 12.7. The second-order valence-corrected chi connectivity index (χ2v) is 4.00.